The summed E-state index contributed by atoms with van der Waals surface area (Å²) in [4.78, 5) is 27.7. The predicted octanol–water partition coefficient (Wildman–Crippen LogP) is 1.11. The molecule has 132 valence electrons. The van der Waals surface area contributed by atoms with Crippen LogP contribution in [-0.4, -0.2) is 63.1 Å². The number of aliphatic hydroxyl groups is 1. The molecule has 2 aromatic heterocycles. The number of aromatic nitrogens is 3. The zero-order valence-corrected chi connectivity index (χ0v) is 14.0. The molecule has 3 rings (SSSR count). The molecule has 0 aromatic carbocycles. The number of rotatable bonds is 4. The van der Waals surface area contributed by atoms with Crippen molar-refractivity contribution in [1.29, 1.82) is 0 Å². The molecule has 1 fully saturated rings. The minimum Gasteiger partial charge on any atom is -0.386 e. The van der Waals surface area contributed by atoms with E-state index >= 15 is 0 Å². The molecule has 7 nitrogen and oxygen atoms in total. The molecule has 1 amide bonds. The van der Waals surface area contributed by atoms with Gasteiger partial charge in [0.15, 0.2) is 0 Å². The van der Waals surface area contributed by atoms with Crippen LogP contribution in [0.3, 0.4) is 0 Å². The summed E-state index contributed by atoms with van der Waals surface area (Å²) in [5.41, 5.74) is -0.831. The molecule has 1 unspecified atom stereocenters. The third-order valence-corrected chi connectivity index (χ3v) is 4.25. The highest BCUT2D eigenvalue weighted by molar-refractivity contribution is 5.91. The first-order chi connectivity index (χ1) is 12.0. The summed E-state index contributed by atoms with van der Waals surface area (Å²) in [5, 5.41) is 11.0. The van der Waals surface area contributed by atoms with Crippen molar-refractivity contribution in [3.63, 3.8) is 0 Å². The van der Waals surface area contributed by atoms with E-state index < -0.39 is 11.4 Å². The molecule has 8 heteroatoms. The van der Waals surface area contributed by atoms with Crippen molar-refractivity contribution in [3.05, 3.63) is 48.4 Å². The van der Waals surface area contributed by atoms with Gasteiger partial charge in [-0.15, -0.1) is 0 Å². The number of pyridine rings is 1. The van der Waals surface area contributed by atoms with Gasteiger partial charge >= 0.3 is 0 Å². The third-order valence-electron chi connectivity index (χ3n) is 4.25. The quantitative estimate of drug-likeness (QED) is 0.894. The Labute approximate surface area is 145 Å². The van der Waals surface area contributed by atoms with Gasteiger partial charge in [0.1, 0.15) is 17.3 Å². The molecule has 2 aromatic rings. The van der Waals surface area contributed by atoms with Crippen LogP contribution in [0, 0.1) is 5.82 Å². The Morgan fingerprint density at radius 1 is 1.36 bits per heavy atom. The standard InChI is InChI=1S/C17H20FN5O2/c1-22(16(24)14-10-19-6-7-20-14)11-17(25)5-2-8-23(12-17)15-4-3-13(18)9-21-15/h3-4,6-7,9-10,25H,2,5,8,11-12H2,1H3. The van der Waals surface area contributed by atoms with E-state index in [9.17, 15) is 14.3 Å². The summed E-state index contributed by atoms with van der Waals surface area (Å²) in [6.07, 6.45) is 6.84. The van der Waals surface area contributed by atoms with Gasteiger partial charge in [0.05, 0.1) is 24.5 Å². The fourth-order valence-corrected chi connectivity index (χ4v) is 3.11. The highest BCUT2D eigenvalue weighted by Crippen LogP contribution is 2.26. The number of halogens is 1. The number of anilines is 1. The first-order valence-electron chi connectivity index (χ1n) is 8.07. The molecule has 3 heterocycles. The second-order valence-electron chi connectivity index (χ2n) is 6.34. The molecule has 0 saturated carbocycles. The maximum atomic E-state index is 13.0. The number of β-amino-alcohol motifs (C(OH)–C–C–N with tert-alkyl or cyclic N) is 1. The van der Waals surface area contributed by atoms with Crippen LogP contribution in [0.15, 0.2) is 36.9 Å². The Morgan fingerprint density at radius 3 is 2.88 bits per heavy atom. The van der Waals surface area contributed by atoms with Gasteiger partial charge in [0, 0.05) is 32.5 Å². The summed E-state index contributed by atoms with van der Waals surface area (Å²) in [6.45, 7) is 1.21. The van der Waals surface area contributed by atoms with Crippen molar-refractivity contribution in [2.45, 2.75) is 18.4 Å². The minimum absolute atomic E-state index is 0.167. The van der Waals surface area contributed by atoms with Gasteiger partial charge < -0.3 is 14.9 Å². The number of carbonyl (C=O) groups excluding carboxylic acids is 1. The fraction of sp³-hybridized carbons (Fsp3) is 0.412. The summed E-state index contributed by atoms with van der Waals surface area (Å²) < 4.78 is 13.0. The molecule has 0 aliphatic carbocycles. The predicted molar refractivity (Wildman–Crippen MR) is 89.6 cm³/mol. The molecule has 1 saturated heterocycles. The Bertz CT molecular complexity index is 728. The van der Waals surface area contributed by atoms with E-state index in [1.807, 2.05) is 4.90 Å². The van der Waals surface area contributed by atoms with Gasteiger partial charge in [-0.05, 0) is 25.0 Å². The lowest BCUT2D eigenvalue weighted by atomic mass is 9.92. The summed E-state index contributed by atoms with van der Waals surface area (Å²) in [5.74, 6) is -0.0775. The lowest BCUT2D eigenvalue weighted by Gasteiger charge is -2.41. The van der Waals surface area contributed by atoms with E-state index in [1.165, 1.54) is 29.6 Å². The van der Waals surface area contributed by atoms with Crippen LogP contribution in [0.5, 0.6) is 0 Å². The second-order valence-corrected chi connectivity index (χ2v) is 6.34. The molecule has 0 bridgehead atoms. The van der Waals surface area contributed by atoms with E-state index in [-0.39, 0.29) is 18.1 Å². The topological polar surface area (TPSA) is 82.5 Å². The van der Waals surface area contributed by atoms with Crippen molar-refractivity contribution in [3.8, 4) is 0 Å². The molecular formula is C17H20FN5O2. The van der Waals surface area contributed by atoms with Crippen molar-refractivity contribution < 1.29 is 14.3 Å². The lowest BCUT2D eigenvalue weighted by molar-refractivity contribution is -0.000293. The van der Waals surface area contributed by atoms with Crippen LogP contribution in [0.1, 0.15) is 23.3 Å². The number of hydrogen-bond acceptors (Lipinski definition) is 6. The molecule has 0 radical (unpaired) electrons. The maximum Gasteiger partial charge on any atom is 0.273 e. The largest absolute Gasteiger partial charge is 0.386 e. The number of amides is 1. The first kappa shape index (κ1) is 17.2. The monoisotopic (exact) mass is 345 g/mol. The number of carbonyl (C=O) groups is 1. The van der Waals surface area contributed by atoms with E-state index in [4.69, 9.17) is 0 Å². The van der Waals surface area contributed by atoms with Crippen LogP contribution in [0.4, 0.5) is 10.2 Å². The number of hydrogen-bond donors (Lipinski definition) is 1. The van der Waals surface area contributed by atoms with E-state index in [1.54, 1.807) is 13.1 Å². The molecule has 1 N–H and O–H groups in total. The van der Waals surface area contributed by atoms with Crippen molar-refractivity contribution >= 4 is 11.7 Å². The van der Waals surface area contributed by atoms with E-state index in [2.05, 4.69) is 15.0 Å². The summed E-state index contributed by atoms with van der Waals surface area (Å²) in [7, 11) is 1.63. The number of piperidine rings is 1. The van der Waals surface area contributed by atoms with E-state index in [0.29, 0.717) is 18.8 Å². The Hall–Kier alpha value is -2.61. The van der Waals surface area contributed by atoms with Crippen LogP contribution >= 0.6 is 0 Å². The van der Waals surface area contributed by atoms with Crippen LogP contribution in [-0.2, 0) is 0 Å². The molecule has 1 aliphatic heterocycles. The summed E-state index contributed by atoms with van der Waals surface area (Å²) in [6, 6.07) is 2.94. The molecule has 25 heavy (non-hydrogen) atoms. The second kappa shape index (κ2) is 7.10. The van der Waals surface area contributed by atoms with Crippen molar-refractivity contribution in [2.75, 3.05) is 31.6 Å². The third kappa shape index (κ3) is 4.08. The van der Waals surface area contributed by atoms with Crippen LogP contribution in [0.2, 0.25) is 0 Å². The van der Waals surface area contributed by atoms with Crippen molar-refractivity contribution in [1.82, 2.24) is 19.9 Å². The van der Waals surface area contributed by atoms with Gasteiger partial charge in [0.2, 0.25) is 0 Å². The summed E-state index contributed by atoms with van der Waals surface area (Å²) >= 11 is 0. The SMILES string of the molecule is CN(CC1(O)CCCN(c2ccc(F)cn2)C1)C(=O)c1cnccn1. The fourth-order valence-electron chi connectivity index (χ4n) is 3.11. The molecule has 0 spiro atoms. The van der Waals surface area contributed by atoms with E-state index in [0.717, 1.165) is 19.2 Å². The average Bonchev–Trinajstić information content (AvgIpc) is 2.62. The van der Waals surface area contributed by atoms with Gasteiger partial charge in [-0.2, -0.15) is 0 Å². The molecular weight excluding hydrogens is 325 g/mol. The van der Waals surface area contributed by atoms with Crippen LogP contribution in [0.25, 0.3) is 0 Å². The Kier molecular flexibility index (Phi) is 4.89. The Morgan fingerprint density at radius 2 is 2.20 bits per heavy atom. The normalized spacial score (nSPS) is 20.4. The lowest BCUT2D eigenvalue weighted by Crippen LogP contribution is -2.55. The van der Waals surface area contributed by atoms with Gasteiger partial charge in [0.25, 0.3) is 5.91 Å². The average molecular weight is 345 g/mol. The van der Waals surface area contributed by atoms with Gasteiger partial charge in [-0.1, -0.05) is 0 Å². The zero-order valence-electron chi connectivity index (χ0n) is 14.0. The van der Waals surface area contributed by atoms with Crippen LogP contribution < -0.4 is 4.90 Å². The Balaban J connectivity index is 1.68. The minimum atomic E-state index is -1.07. The smallest absolute Gasteiger partial charge is 0.273 e. The first-order valence-corrected chi connectivity index (χ1v) is 8.07. The number of likely N-dealkylation sites (N-methyl/N-ethyl adjacent to an activating group) is 1. The zero-order chi connectivity index (χ0) is 17.9. The molecule has 1 atom stereocenters. The van der Waals surface area contributed by atoms with Gasteiger partial charge in [-0.3, -0.25) is 9.78 Å². The van der Waals surface area contributed by atoms with Crippen molar-refractivity contribution in [2.24, 2.45) is 0 Å². The highest BCUT2D eigenvalue weighted by Gasteiger charge is 2.36. The highest BCUT2D eigenvalue weighted by atomic mass is 19.1. The molecule has 1 aliphatic rings. The maximum absolute atomic E-state index is 13.0. The number of nitrogens with zero attached hydrogens (tertiary/aromatic N) is 5. The van der Waals surface area contributed by atoms with Gasteiger partial charge in [-0.25, -0.2) is 14.4 Å².